The molecular weight excluding hydrogens is 449 g/mol. The van der Waals surface area contributed by atoms with Crippen molar-refractivity contribution in [3.63, 3.8) is 0 Å². The summed E-state index contributed by atoms with van der Waals surface area (Å²) in [5, 5.41) is 13.7. The van der Waals surface area contributed by atoms with Crippen LogP contribution in [0.2, 0.25) is 0 Å². The highest BCUT2D eigenvalue weighted by atomic mass is 32.2. The fourth-order valence-corrected chi connectivity index (χ4v) is 6.47. The molecule has 158 valence electrons. The summed E-state index contributed by atoms with van der Waals surface area (Å²) in [4.78, 5) is 15.7. The van der Waals surface area contributed by atoms with Crippen LogP contribution in [0.3, 0.4) is 0 Å². The largest absolute Gasteiger partial charge is 0.333 e. The van der Waals surface area contributed by atoms with Crippen LogP contribution in [0.4, 0.5) is 4.39 Å². The van der Waals surface area contributed by atoms with Crippen molar-refractivity contribution in [3.8, 4) is 5.69 Å². The minimum absolute atomic E-state index is 0.0180. The molecule has 1 aliphatic heterocycles. The number of thiophene rings is 1. The smallest absolute Gasteiger partial charge is 0.233 e. The van der Waals surface area contributed by atoms with Gasteiger partial charge in [0.15, 0.2) is 9.84 Å². The van der Waals surface area contributed by atoms with Gasteiger partial charge in [-0.25, -0.2) is 12.8 Å². The number of carbonyl (C=O) groups is 1. The van der Waals surface area contributed by atoms with Crippen molar-refractivity contribution < 1.29 is 17.6 Å². The lowest BCUT2D eigenvalue weighted by Gasteiger charge is -2.27. The molecule has 0 spiro atoms. The van der Waals surface area contributed by atoms with Crippen LogP contribution in [0, 0.1) is 5.82 Å². The Kier molecular flexibility index (Phi) is 6.16. The molecule has 0 radical (unpaired) electrons. The van der Waals surface area contributed by atoms with Crippen LogP contribution >= 0.6 is 23.1 Å². The molecule has 30 heavy (non-hydrogen) atoms. The highest BCUT2D eigenvalue weighted by molar-refractivity contribution is 7.99. The lowest BCUT2D eigenvalue weighted by molar-refractivity contribution is -0.130. The predicted octanol–water partition coefficient (Wildman–Crippen LogP) is 2.17. The summed E-state index contributed by atoms with van der Waals surface area (Å²) in [5.41, 5.74) is 0.451. The molecule has 3 heterocycles. The van der Waals surface area contributed by atoms with E-state index < -0.39 is 15.7 Å². The number of aromatic nitrogens is 4. The van der Waals surface area contributed by atoms with Crippen molar-refractivity contribution in [2.24, 2.45) is 0 Å². The van der Waals surface area contributed by atoms with E-state index >= 15 is 0 Å². The second-order valence-electron chi connectivity index (χ2n) is 6.80. The number of nitrogens with zero attached hydrogens (tertiary/aromatic N) is 5. The predicted molar refractivity (Wildman–Crippen MR) is 112 cm³/mol. The summed E-state index contributed by atoms with van der Waals surface area (Å²) in [6.45, 7) is 0.367. The molecule has 8 nitrogen and oxygen atoms in total. The van der Waals surface area contributed by atoms with E-state index in [-0.39, 0.29) is 29.2 Å². The normalized spacial score (nSPS) is 17.8. The molecule has 1 aromatic carbocycles. The van der Waals surface area contributed by atoms with E-state index in [2.05, 4.69) is 15.5 Å². The molecule has 4 rings (SSSR count). The van der Waals surface area contributed by atoms with Crippen molar-refractivity contribution >= 4 is 38.8 Å². The average Bonchev–Trinajstić information content (AvgIpc) is 3.45. The first-order chi connectivity index (χ1) is 14.4. The van der Waals surface area contributed by atoms with Gasteiger partial charge in [0.1, 0.15) is 5.82 Å². The molecule has 1 fully saturated rings. The van der Waals surface area contributed by atoms with E-state index in [0.29, 0.717) is 23.8 Å². The van der Waals surface area contributed by atoms with Crippen molar-refractivity contribution in [2.75, 3.05) is 17.3 Å². The minimum atomic E-state index is -3.13. The van der Waals surface area contributed by atoms with Crippen LogP contribution in [0.15, 0.2) is 46.9 Å². The molecule has 12 heteroatoms. The molecule has 1 amide bonds. The Hall–Kier alpha value is -2.31. The number of halogens is 1. The number of thioether (sulfide) groups is 1. The van der Waals surface area contributed by atoms with Crippen LogP contribution in [0.5, 0.6) is 0 Å². The summed E-state index contributed by atoms with van der Waals surface area (Å²) in [7, 11) is -3.13. The molecule has 0 aliphatic carbocycles. The van der Waals surface area contributed by atoms with Crippen molar-refractivity contribution in [2.45, 2.75) is 24.2 Å². The number of benzene rings is 1. The van der Waals surface area contributed by atoms with Gasteiger partial charge >= 0.3 is 0 Å². The molecule has 0 bridgehead atoms. The second kappa shape index (κ2) is 8.82. The zero-order chi connectivity index (χ0) is 21.1. The van der Waals surface area contributed by atoms with Gasteiger partial charge in [-0.2, -0.15) is 4.68 Å². The zero-order valence-corrected chi connectivity index (χ0v) is 18.2. The summed E-state index contributed by atoms with van der Waals surface area (Å²) in [6.07, 6.45) is 0.436. The Morgan fingerprint density at radius 3 is 2.90 bits per heavy atom. The number of hydrogen-bond acceptors (Lipinski definition) is 8. The first-order valence-electron chi connectivity index (χ1n) is 9.11. The minimum Gasteiger partial charge on any atom is -0.333 e. The monoisotopic (exact) mass is 467 g/mol. The Morgan fingerprint density at radius 1 is 1.33 bits per heavy atom. The Labute approximate surface area is 181 Å². The number of rotatable bonds is 7. The number of tetrazole rings is 1. The summed E-state index contributed by atoms with van der Waals surface area (Å²) < 4.78 is 38.8. The Bertz CT molecular complexity index is 1130. The molecule has 0 N–H and O–H groups in total. The third kappa shape index (κ3) is 4.87. The summed E-state index contributed by atoms with van der Waals surface area (Å²) in [5.74, 6) is -0.492. The fourth-order valence-electron chi connectivity index (χ4n) is 3.26. The average molecular weight is 468 g/mol. The van der Waals surface area contributed by atoms with Crippen molar-refractivity contribution in [3.05, 3.63) is 52.5 Å². The molecular formula is C18H18FN5O3S3. The standard InChI is InChI=1S/C18H18FN5O3S3/c19-13-3-1-4-14(9-13)24-18(20-21-22-24)29-11-17(25)23(10-16-5-2-7-28-16)15-6-8-30(26,27)12-15/h1-5,7,9,15H,6,8,10-12H2/t15-/m0/s1. The van der Waals surface area contributed by atoms with Crippen molar-refractivity contribution in [1.29, 1.82) is 0 Å². The van der Waals surface area contributed by atoms with E-state index in [1.54, 1.807) is 17.0 Å². The third-order valence-electron chi connectivity index (χ3n) is 4.69. The molecule has 0 unspecified atom stereocenters. The van der Waals surface area contributed by atoms with Gasteiger partial charge in [-0.15, -0.1) is 16.4 Å². The van der Waals surface area contributed by atoms with Crippen LogP contribution in [0.1, 0.15) is 11.3 Å². The summed E-state index contributed by atoms with van der Waals surface area (Å²) in [6, 6.07) is 9.32. The second-order valence-corrected chi connectivity index (χ2v) is 11.0. The highest BCUT2D eigenvalue weighted by Crippen LogP contribution is 2.25. The molecule has 1 saturated heterocycles. The van der Waals surface area contributed by atoms with Gasteiger partial charge < -0.3 is 4.90 Å². The SMILES string of the molecule is O=C(CSc1nnnn1-c1cccc(F)c1)N(Cc1cccs1)[C@H]1CCS(=O)(=O)C1. The summed E-state index contributed by atoms with van der Waals surface area (Å²) >= 11 is 2.65. The number of sulfone groups is 1. The molecule has 1 atom stereocenters. The first kappa shape index (κ1) is 20.9. The molecule has 2 aromatic heterocycles. The van der Waals surface area contributed by atoms with E-state index in [4.69, 9.17) is 0 Å². The van der Waals surface area contributed by atoms with Crippen LogP contribution in [0.25, 0.3) is 5.69 Å². The molecule has 0 saturated carbocycles. The van der Waals surface area contributed by atoms with E-state index in [1.165, 1.54) is 28.2 Å². The van der Waals surface area contributed by atoms with Crippen LogP contribution in [-0.4, -0.2) is 62.7 Å². The number of hydrogen-bond donors (Lipinski definition) is 0. The molecule has 1 aliphatic rings. The van der Waals surface area contributed by atoms with Gasteiger partial charge in [-0.1, -0.05) is 23.9 Å². The maximum atomic E-state index is 13.5. The maximum absolute atomic E-state index is 13.5. The molecule has 3 aromatic rings. The number of amides is 1. The topological polar surface area (TPSA) is 98.1 Å². The Balaban J connectivity index is 1.49. The first-order valence-corrected chi connectivity index (χ1v) is 12.8. The number of carbonyl (C=O) groups excluding carboxylic acids is 1. The zero-order valence-electron chi connectivity index (χ0n) is 15.7. The van der Waals surface area contributed by atoms with Gasteiger partial charge in [0.05, 0.1) is 29.5 Å². The lowest BCUT2D eigenvalue weighted by atomic mass is 10.2. The van der Waals surface area contributed by atoms with Gasteiger partial charge in [-0.3, -0.25) is 4.79 Å². The highest BCUT2D eigenvalue weighted by Gasteiger charge is 2.35. The van der Waals surface area contributed by atoms with E-state index in [1.807, 2.05) is 17.5 Å². The van der Waals surface area contributed by atoms with Gasteiger partial charge in [-0.05, 0) is 46.5 Å². The van der Waals surface area contributed by atoms with E-state index in [0.717, 1.165) is 16.6 Å². The van der Waals surface area contributed by atoms with Crippen LogP contribution < -0.4 is 0 Å². The third-order valence-corrected chi connectivity index (χ3v) is 8.21. The van der Waals surface area contributed by atoms with E-state index in [9.17, 15) is 17.6 Å². The quantitative estimate of drug-likeness (QED) is 0.491. The van der Waals surface area contributed by atoms with Crippen molar-refractivity contribution in [1.82, 2.24) is 25.1 Å². The fraction of sp³-hybridized carbons (Fsp3) is 0.333. The van der Waals surface area contributed by atoms with Gasteiger partial charge in [0.2, 0.25) is 11.1 Å². The van der Waals surface area contributed by atoms with Gasteiger partial charge in [0.25, 0.3) is 0 Å². The maximum Gasteiger partial charge on any atom is 0.233 e. The Morgan fingerprint density at radius 2 is 2.20 bits per heavy atom. The van der Waals surface area contributed by atoms with Crippen LogP contribution in [-0.2, 0) is 21.2 Å². The lowest BCUT2D eigenvalue weighted by Crippen LogP contribution is -2.41. The van der Waals surface area contributed by atoms with Gasteiger partial charge in [0, 0.05) is 10.9 Å².